The van der Waals surface area contributed by atoms with Crippen molar-refractivity contribution in [1.29, 1.82) is 0 Å². The maximum absolute atomic E-state index is 11.6. The SMILES string of the molecule is COc1ccc(NCC(=O)N/N=C/[C@@H](O)[C@@H](O)[C@H](O)[C@H](O)CO)cc1. The molecule has 0 heterocycles. The molecule has 0 saturated heterocycles. The van der Waals surface area contributed by atoms with Gasteiger partial charge in [-0.05, 0) is 24.3 Å². The average Bonchev–Trinajstić information content (AvgIpc) is 2.64. The zero-order valence-corrected chi connectivity index (χ0v) is 13.6. The Kier molecular flexibility index (Phi) is 8.81. The summed E-state index contributed by atoms with van der Waals surface area (Å²) in [5.41, 5.74) is 2.81. The molecule has 0 unspecified atom stereocenters. The van der Waals surface area contributed by atoms with Crippen molar-refractivity contribution in [3.8, 4) is 5.75 Å². The van der Waals surface area contributed by atoms with Gasteiger partial charge < -0.3 is 35.6 Å². The molecule has 1 rings (SSSR count). The number of nitrogens with one attached hydrogen (secondary N) is 2. The first-order valence-corrected chi connectivity index (χ1v) is 7.42. The van der Waals surface area contributed by atoms with Crippen LogP contribution in [0, 0.1) is 0 Å². The fraction of sp³-hybridized carbons (Fsp3) is 0.467. The summed E-state index contributed by atoms with van der Waals surface area (Å²) in [6, 6.07) is 6.90. The van der Waals surface area contributed by atoms with Crippen molar-refractivity contribution in [1.82, 2.24) is 5.43 Å². The lowest BCUT2D eigenvalue weighted by molar-refractivity contribution is -0.119. The van der Waals surface area contributed by atoms with Gasteiger partial charge in [0.2, 0.25) is 0 Å². The molecule has 0 aliphatic heterocycles. The van der Waals surface area contributed by atoms with Gasteiger partial charge in [0.1, 0.15) is 30.2 Å². The third-order valence-electron chi connectivity index (χ3n) is 3.24. The van der Waals surface area contributed by atoms with Gasteiger partial charge in [-0.25, -0.2) is 5.43 Å². The Morgan fingerprint density at radius 3 is 2.40 bits per heavy atom. The van der Waals surface area contributed by atoms with Crippen molar-refractivity contribution >= 4 is 17.8 Å². The molecule has 0 bridgehead atoms. The lowest BCUT2D eigenvalue weighted by Gasteiger charge is -2.23. The van der Waals surface area contributed by atoms with Gasteiger partial charge in [0.25, 0.3) is 5.91 Å². The topological polar surface area (TPSA) is 164 Å². The minimum Gasteiger partial charge on any atom is -0.497 e. The Hall–Kier alpha value is -2.24. The van der Waals surface area contributed by atoms with Crippen molar-refractivity contribution < 1.29 is 35.1 Å². The number of anilines is 1. The van der Waals surface area contributed by atoms with Crippen LogP contribution in [-0.4, -0.2) is 82.3 Å². The van der Waals surface area contributed by atoms with Crippen molar-refractivity contribution in [3.63, 3.8) is 0 Å². The fourth-order valence-corrected chi connectivity index (χ4v) is 1.74. The lowest BCUT2D eigenvalue weighted by atomic mass is 10.0. The maximum atomic E-state index is 11.6. The second-order valence-electron chi connectivity index (χ2n) is 5.12. The van der Waals surface area contributed by atoms with Crippen LogP contribution in [0.3, 0.4) is 0 Å². The van der Waals surface area contributed by atoms with Crippen molar-refractivity contribution in [3.05, 3.63) is 24.3 Å². The summed E-state index contributed by atoms with van der Waals surface area (Å²) < 4.78 is 5.01. The number of nitrogens with zero attached hydrogens (tertiary/aromatic N) is 1. The molecule has 0 fully saturated rings. The number of benzene rings is 1. The Morgan fingerprint density at radius 2 is 1.84 bits per heavy atom. The average molecular weight is 357 g/mol. The molecule has 10 heteroatoms. The third kappa shape index (κ3) is 7.03. The number of carbonyl (C=O) groups is 1. The van der Waals surface area contributed by atoms with Crippen LogP contribution >= 0.6 is 0 Å². The van der Waals surface area contributed by atoms with E-state index < -0.39 is 36.9 Å². The second-order valence-corrected chi connectivity index (χ2v) is 5.12. The van der Waals surface area contributed by atoms with Gasteiger partial charge in [-0.15, -0.1) is 0 Å². The smallest absolute Gasteiger partial charge is 0.259 e. The quantitative estimate of drug-likeness (QED) is 0.181. The number of hydrogen-bond donors (Lipinski definition) is 7. The summed E-state index contributed by atoms with van der Waals surface area (Å²) in [7, 11) is 1.54. The molecule has 0 saturated carbocycles. The maximum Gasteiger partial charge on any atom is 0.259 e. The molecule has 4 atom stereocenters. The summed E-state index contributed by atoms with van der Waals surface area (Å²) in [6.07, 6.45) is -6.00. The molecule has 7 N–H and O–H groups in total. The summed E-state index contributed by atoms with van der Waals surface area (Å²) in [5.74, 6) is 0.172. The normalized spacial score (nSPS) is 16.1. The Morgan fingerprint density at radius 1 is 1.20 bits per heavy atom. The van der Waals surface area contributed by atoms with E-state index in [1.165, 1.54) is 0 Å². The van der Waals surface area contributed by atoms with E-state index in [0.29, 0.717) is 11.4 Å². The van der Waals surface area contributed by atoms with Crippen LogP contribution in [0.15, 0.2) is 29.4 Å². The van der Waals surface area contributed by atoms with Crippen LogP contribution in [0.5, 0.6) is 5.75 Å². The molecule has 1 aromatic rings. The highest BCUT2D eigenvalue weighted by Gasteiger charge is 2.29. The largest absolute Gasteiger partial charge is 0.497 e. The van der Waals surface area contributed by atoms with Crippen LogP contribution in [0.25, 0.3) is 0 Å². The number of carbonyl (C=O) groups excluding carboxylic acids is 1. The van der Waals surface area contributed by atoms with E-state index in [-0.39, 0.29) is 6.54 Å². The van der Waals surface area contributed by atoms with Gasteiger partial charge in [0.15, 0.2) is 0 Å². The number of aliphatic hydroxyl groups excluding tert-OH is 5. The molecule has 1 amide bonds. The number of rotatable bonds is 10. The van der Waals surface area contributed by atoms with E-state index in [9.17, 15) is 20.1 Å². The summed E-state index contributed by atoms with van der Waals surface area (Å²) in [4.78, 5) is 11.6. The van der Waals surface area contributed by atoms with Gasteiger partial charge in [-0.3, -0.25) is 4.79 Å². The molecule has 0 radical (unpaired) electrons. The van der Waals surface area contributed by atoms with Gasteiger partial charge in [0, 0.05) is 5.69 Å². The molecule has 10 nitrogen and oxygen atoms in total. The van der Waals surface area contributed by atoms with E-state index in [0.717, 1.165) is 6.21 Å². The van der Waals surface area contributed by atoms with Crippen molar-refractivity contribution in [2.45, 2.75) is 24.4 Å². The fourth-order valence-electron chi connectivity index (χ4n) is 1.74. The van der Waals surface area contributed by atoms with Crippen LogP contribution in [0.2, 0.25) is 0 Å². The molecule has 0 aliphatic carbocycles. The molecule has 140 valence electrons. The molecule has 0 aromatic heterocycles. The molecule has 0 spiro atoms. The van der Waals surface area contributed by atoms with Crippen LogP contribution in [-0.2, 0) is 4.79 Å². The Labute approximate surface area is 144 Å². The van der Waals surface area contributed by atoms with Crippen molar-refractivity contribution in [2.24, 2.45) is 5.10 Å². The van der Waals surface area contributed by atoms with Gasteiger partial charge in [0.05, 0.1) is 26.5 Å². The zero-order valence-electron chi connectivity index (χ0n) is 13.6. The number of amides is 1. The first-order valence-electron chi connectivity index (χ1n) is 7.42. The first-order chi connectivity index (χ1) is 11.9. The lowest BCUT2D eigenvalue weighted by Crippen LogP contribution is -2.46. The first kappa shape index (κ1) is 20.8. The van der Waals surface area contributed by atoms with E-state index in [1.807, 2.05) is 0 Å². The second kappa shape index (κ2) is 10.6. The molecular weight excluding hydrogens is 334 g/mol. The van der Waals surface area contributed by atoms with Crippen LogP contribution in [0.4, 0.5) is 5.69 Å². The number of methoxy groups -OCH3 is 1. The summed E-state index contributed by atoms with van der Waals surface area (Å²) in [6.45, 7) is -0.871. The van der Waals surface area contributed by atoms with Crippen LogP contribution in [0.1, 0.15) is 0 Å². The highest BCUT2D eigenvalue weighted by Crippen LogP contribution is 2.14. The number of aliphatic hydroxyl groups is 5. The number of hydrazone groups is 1. The van der Waals surface area contributed by atoms with Gasteiger partial charge >= 0.3 is 0 Å². The predicted molar refractivity (Wildman–Crippen MR) is 89.2 cm³/mol. The number of hydrogen-bond acceptors (Lipinski definition) is 9. The Balaban J connectivity index is 2.37. The summed E-state index contributed by atoms with van der Waals surface area (Å²) >= 11 is 0. The summed E-state index contributed by atoms with van der Waals surface area (Å²) in [5, 5.41) is 52.7. The van der Waals surface area contributed by atoms with E-state index >= 15 is 0 Å². The standard InChI is InChI=1S/C15H23N3O7/c1-25-10-4-2-9(3-5-10)16-7-13(22)18-17-6-11(20)14(23)15(24)12(21)8-19/h2-6,11-12,14-16,19-21,23-24H,7-8H2,1H3,(H,18,22)/b17-6+/t11-,12-,14-,15-/m1/s1. The molecule has 0 aliphatic rings. The minimum atomic E-state index is -1.78. The van der Waals surface area contributed by atoms with Crippen molar-refractivity contribution in [2.75, 3.05) is 25.6 Å². The molecule has 1 aromatic carbocycles. The van der Waals surface area contributed by atoms with E-state index in [2.05, 4.69) is 15.8 Å². The number of ether oxygens (including phenoxy) is 1. The molecular formula is C15H23N3O7. The molecule has 25 heavy (non-hydrogen) atoms. The monoisotopic (exact) mass is 357 g/mol. The van der Waals surface area contributed by atoms with Crippen LogP contribution < -0.4 is 15.5 Å². The highest BCUT2D eigenvalue weighted by atomic mass is 16.5. The van der Waals surface area contributed by atoms with Gasteiger partial charge in [-0.2, -0.15) is 5.10 Å². The van der Waals surface area contributed by atoms with E-state index in [4.69, 9.17) is 14.9 Å². The highest BCUT2D eigenvalue weighted by molar-refractivity contribution is 5.81. The van der Waals surface area contributed by atoms with E-state index in [1.54, 1.807) is 31.4 Å². The predicted octanol–water partition coefficient (Wildman–Crippen LogP) is -2.35. The minimum absolute atomic E-state index is 0.0891. The third-order valence-corrected chi connectivity index (χ3v) is 3.24. The van der Waals surface area contributed by atoms with Gasteiger partial charge in [-0.1, -0.05) is 0 Å². The Bertz CT molecular complexity index is 553. The zero-order chi connectivity index (χ0) is 18.8.